The summed E-state index contributed by atoms with van der Waals surface area (Å²) in [4.78, 5) is 0.340. The predicted molar refractivity (Wildman–Crippen MR) is 79.7 cm³/mol. The smallest absolute Gasteiger partial charge is 0.240 e. The fraction of sp³-hybridized carbons (Fsp3) is 0.538. The minimum absolute atomic E-state index is 0.118. The summed E-state index contributed by atoms with van der Waals surface area (Å²) in [5.74, 6) is 0. The van der Waals surface area contributed by atoms with E-state index in [1.54, 1.807) is 30.8 Å². The average molecular weight is 300 g/mol. The normalized spacial score (nSPS) is 17.4. The van der Waals surface area contributed by atoms with E-state index in [2.05, 4.69) is 4.72 Å². The van der Waals surface area contributed by atoms with E-state index in [-0.39, 0.29) is 4.75 Å². The Kier molecular flexibility index (Phi) is 4.25. The largest absolute Gasteiger partial charge is 0.326 e. The van der Waals surface area contributed by atoms with E-state index in [0.717, 1.165) is 24.0 Å². The third-order valence-electron chi connectivity index (χ3n) is 3.73. The maximum atomic E-state index is 12.4. The van der Waals surface area contributed by atoms with E-state index >= 15 is 0 Å². The van der Waals surface area contributed by atoms with Gasteiger partial charge in [-0.25, -0.2) is 13.1 Å². The van der Waals surface area contributed by atoms with Crippen LogP contribution >= 0.6 is 11.8 Å². The molecule has 0 bridgehead atoms. The monoisotopic (exact) mass is 300 g/mol. The van der Waals surface area contributed by atoms with Gasteiger partial charge in [-0.2, -0.15) is 11.8 Å². The number of thioether (sulfide) groups is 1. The van der Waals surface area contributed by atoms with E-state index in [0.29, 0.717) is 18.0 Å². The van der Waals surface area contributed by atoms with E-state index in [4.69, 9.17) is 5.73 Å². The van der Waals surface area contributed by atoms with Gasteiger partial charge in [-0.05, 0) is 43.2 Å². The van der Waals surface area contributed by atoms with Gasteiger partial charge in [0.05, 0.1) is 4.90 Å². The lowest BCUT2D eigenvalue weighted by molar-refractivity contribution is 0.579. The fourth-order valence-electron chi connectivity index (χ4n) is 2.07. The minimum atomic E-state index is -3.45. The molecule has 1 fully saturated rings. The van der Waals surface area contributed by atoms with Gasteiger partial charge >= 0.3 is 0 Å². The van der Waals surface area contributed by atoms with Crippen LogP contribution in [0.1, 0.15) is 24.0 Å². The summed E-state index contributed by atoms with van der Waals surface area (Å²) < 4.78 is 27.5. The van der Waals surface area contributed by atoms with Crippen LogP contribution in [0.15, 0.2) is 23.1 Å². The van der Waals surface area contributed by atoms with Gasteiger partial charge in [0.2, 0.25) is 10.0 Å². The molecule has 106 valence electrons. The molecule has 1 saturated carbocycles. The van der Waals surface area contributed by atoms with Crippen molar-refractivity contribution >= 4 is 21.8 Å². The molecule has 1 aromatic rings. The molecule has 0 radical (unpaired) electrons. The first kappa shape index (κ1) is 14.8. The van der Waals surface area contributed by atoms with Crippen LogP contribution in [-0.4, -0.2) is 26.0 Å². The number of hydrogen-bond acceptors (Lipinski definition) is 4. The summed E-state index contributed by atoms with van der Waals surface area (Å²) >= 11 is 1.74. The highest BCUT2D eigenvalue weighted by atomic mass is 32.2. The molecular formula is C13H20N2O2S2. The Bertz CT molecular complexity index is 566. The number of benzene rings is 1. The highest BCUT2D eigenvalue weighted by Crippen LogP contribution is 2.46. The Labute approximate surface area is 119 Å². The van der Waals surface area contributed by atoms with Crippen LogP contribution in [0.4, 0.5) is 0 Å². The second-order valence-electron chi connectivity index (χ2n) is 4.96. The van der Waals surface area contributed by atoms with Crippen molar-refractivity contribution in [2.75, 3.05) is 12.8 Å². The molecule has 3 N–H and O–H groups in total. The zero-order valence-corrected chi connectivity index (χ0v) is 12.9. The number of rotatable bonds is 6. The first-order valence-electron chi connectivity index (χ1n) is 6.27. The van der Waals surface area contributed by atoms with Gasteiger partial charge in [-0.1, -0.05) is 12.1 Å². The zero-order chi connectivity index (χ0) is 14.1. The van der Waals surface area contributed by atoms with Gasteiger partial charge in [0, 0.05) is 17.8 Å². The van der Waals surface area contributed by atoms with E-state index < -0.39 is 10.0 Å². The van der Waals surface area contributed by atoms with Crippen molar-refractivity contribution in [3.05, 3.63) is 29.3 Å². The molecule has 0 amide bonds. The van der Waals surface area contributed by atoms with Crippen molar-refractivity contribution in [2.45, 2.75) is 36.0 Å². The Morgan fingerprint density at radius 2 is 2.11 bits per heavy atom. The van der Waals surface area contributed by atoms with E-state index in [1.807, 2.05) is 12.3 Å². The van der Waals surface area contributed by atoms with Crippen molar-refractivity contribution in [3.63, 3.8) is 0 Å². The van der Waals surface area contributed by atoms with Gasteiger partial charge in [-0.3, -0.25) is 0 Å². The molecule has 19 heavy (non-hydrogen) atoms. The molecule has 0 saturated heterocycles. The lowest BCUT2D eigenvalue weighted by atomic mass is 10.1. The van der Waals surface area contributed by atoms with Gasteiger partial charge in [-0.15, -0.1) is 0 Å². The number of nitrogens with two attached hydrogens (primary N) is 1. The van der Waals surface area contributed by atoms with E-state index in [9.17, 15) is 8.42 Å². The standard InChI is InChI=1S/C13H20N2O2S2/c1-10-11(8-14)4-3-5-12(10)19(16,17)15-9-13(18-2)6-7-13/h3-5,15H,6-9,14H2,1-2H3. The number of hydrogen-bond donors (Lipinski definition) is 2. The topological polar surface area (TPSA) is 72.2 Å². The Morgan fingerprint density at radius 1 is 1.42 bits per heavy atom. The summed E-state index contributed by atoms with van der Waals surface area (Å²) in [5, 5.41) is 0. The van der Waals surface area contributed by atoms with Gasteiger partial charge in [0.1, 0.15) is 0 Å². The molecule has 1 aliphatic rings. The fourth-order valence-corrected chi connectivity index (χ4v) is 4.30. The number of nitrogens with one attached hydrogen (secondary N) is 1. The summed E-state index contributed by atoms with van der Waals surface area (Å²) in [6.07, 6.45) is 4.19. The lowest BCUT2D eigenvalue weighted by Gasteiger charge is -2.15. The Morgan fingerprint density at radius 3 is 2.63 bits per heavy atom. The lowest BCUT2D eigenvalue weighted by Crippen LogP contribution is -2.32. The Hall–Kier alpha value is -0.560. The molecule has 0 spiro atoms. The molecule has 1 aliphatic carbocycles. The van der Waals surface area contributed by atoms with Gasteiger partial charge in [0.25, 0.3) is 0 Å². The van der Waals surface area contributed by atoms with Crippen LogP contribution in [0, 0.1) is 6.92 Å². The van der Waals surface area contributed by atoms with Gasteiger partial charge < -0.3 is 5.73 Å². The van der Waals surface area contributed by atoms with Crippen molar-refractivity contribution in [1.82, 2.24) is 4.72 Å². The summed E-state index contributed by atoms with van der Waals surface area (Å²) in [6.45, 7) is 2.66. The molecule has 0 aromatic heterocycles. The maximum Gasteiger partial charge on any atom is 0.240 e. The number of sulfonamides is 1. The second-order valence-corrected chi connectivity index (χ2v) is 7.97. The van der Waals surface area contributed by atoms with Crippen LogP contribution in [0.3, 0.4) is 0 Å². The molecule has 1 aromatic carbocycles. The molecule has 0 unspecified atom stereocenters. The zero-order valence-electron chi connectivity index (χ0n) is 11.3. The Balaban J connectivity index is 2.20. The first-order valence-corrected chi connectivity index (χ1v) is 8.98. The summed E-state index contributed by atoms with van der Waals surface area (Å²) in [7, 11) is -3.45. The van der Waals surface area contributed by atoms with Crippen LogP contribution in [0.5, 0.6) is 0 Å². The average Bonchev–Trinajstić information content (AvgIpc) is 3.17. The molecule has 2 rings (SSSR count). The maximum absolute atomic E-state index is 12.4. The summed E-state index contributed by atoms with van der Waals surface area (Å²) in [5.41, 5.74) is 7.23. The van der Waals surface area contributed by atoms with Crippen LogP contribution < -0.4 is 10.5 Å². The molecule has 0 atom stereocenters. The molecule has 0 aliphatic heterocycles. The minimum Gasteiger partial charge on any atom is -0.326 e. The van der Waals surface area contributed by atoms with Crippen LogP contribution in [-0.2, 0) is 16.6 Å². The van der Waals surface area contributed by atoms with Crippen LogP contribution in [0.2, 0.25) is 0 Å². The molecule has 4 nitrogen and oxygen atoms in total. The quantitative estimate of drug-likeness (QED) is 0.837. The van der Waals surface area contributed by atoms with Crippen molar-refractivity contribution in [3.8, 4) is 0 Å². The SMILES string of the molecule is CSC1(CNS(=O)(=O)c2cccc(CN)c2C)CC1. The van der Waals surface area contributed by atoms with Crippen molar-refractivity contribution < 1.29 is 8.42 Å². The molecule has 0 heterocycles. The van der Waals surface area contributed by atoms with E-state index in [1.165, 1.54) is 0 Å². The van der Waals surface area contributed by atoms with Crippen molar-refractivity contribution in [1.29, 1.82) is 0 Å². The molecular weight excluding hydrogens is 280 g/mol. The first-order chi connectivity index (χ1) is 8.94. The van der Waals surface area contributed by atoms with Crippen molar-refractivity contribution in [2.24, 2.45) is 5.73 Å². The molecule has 6 heteroatoms. The second kappa shape index (κ2) is 5.44. The highest BCUT2D eigenvalue weighted by molar-refractivity contribution is 8.00. The third kappa shape index (κ3) is 3.13. The third-order valence-corrected chi connectivity index (χ3v) is 6.70. The predicted octanol–water partition coefficient (Wildman–Crippen LogP) is 1.63. The van der Waals surface area contributed by atoms with Crippen LogP contribution in [0.25, 0.3) is 0 Å². The summed E-state index contributed by atoms with van der Waals surface area (Å²) in [6, 6.07) is 5.24. The highest BCUT2D eigenvalue weighted by Gasteiger charge is 2.42. The van der Waals surface area contributed by atoms with Gasteiger partial charge in [0.15, 0.2) is 0 Å².